The fourth-order valence-electron chi connectivity index (χ4n) is 1.91. The van der Waals surface area contributed by atoms with E-state index < -0.39 is 16.6 Å². The predicted molar refractivity (Wildman–Crippen MR) is 78.7 cm³/mol. The third kappa shape index (κ3) is 2.99. The summed E-state index contributed by atoms with van der Waals surface area (Å²) in [4.78, 5) is 0.682. The van der Waals surface area contributed by atoms with E-state index in [9.17, 15) is 8.60 Å². The lowest BCUT2D eigenvalue weighted by Crippen LogP contribution is -2.02. The smallest absolute Gasteiger partial charge is 0.165 e. The summed E-state index contributed by atoms with van der Waals surface area (Å²) in [6.07, 6.45) is 0. The fourth-order valence-corrected chi connectivity index (χ4v) is 3.23. The van der Waals surface area contributed by atoms with Crippen molar-refractivity contribution in [2.24, 2.45) is 0 Å². The van der Waals surface area contributed by atoms with Crippen molar-refractivity contribution >= 4 is 16.5 Å². The van der Waals surface area contributed by atoms with Crippen LogP contribution in [0.2, 0.25) is 0 Å². The van der Waals surface area contributed by atoms with Crippen molar-refractivity contribution in [1.29, 1.82) is 0 Å². The molecule has 0 radical (unpaired) electrons. The van der Waals surface area contributed by atoms with E-state index in [2.05, 4.69) is 0 Å². The second-order valence-electron chi connectivity index (χ2n) is 4.43. The number of methoxy groups -OCH3 is 1. The first kappa shape index (κ1) is 14.5. The van der Waals surface area contributed by atoms with Crippen molar-refractivity contribution in [2.45, 2.75) is 17.6 Å². The quantitative estimate of drug-likeness (QED) is 0.882. The number of rotatable bonds is 4. The van der Waals surface area contributed by atoms with Crippen molar-refractivity contribution in [3.05, 3.63) is 53.3 Å². The number of ether oxygens (including phenoxy) is 1. The largest absolute Gasteiger partial charge is 0.494 e. The molecule has 20 heavy (non-hydrogen) atoms. The predicted octanol–water partition coefficient (Wildman–Crippen LogP) is 3.03. The molecular weight excluding hydrogens is 277 g/mol. The highest BCUT2D eigenvalue weighted by molar-refractivity contribution is 7.84. The number of hydrogen-bond acceptors (Lipinski definition) is 3. The molecular formula is C15H16FNO2S. The van der Waals surface area contributed by atoms with Gasteiger partial charge in [-0.25, -0.2) is 4.39 Å². The van der Waals surface area contributed by atoms with Crippen molar-refractivity contribution in [3.8, 4) is 5.75 Å². The second-order valence-corrected chi connectivity index (χ2v) is 5.85. The molecule has 3 nitrogen and oxygen atoms in total. The molecule has 0 heterocycles. The molecule has 2 aromatic carbocycles. The highest BCUT2D eigenvalue weighted by Gasteiger charge is 2.11. The maximum atomic E-state index is 13.6. The number of anilines is 1. The van der Waals surface area contributed by atoms with E-state index in [0.717, 1.165) is 5.56 Å². The van der Waals surface area contributed by atoms with Gasteiger partial charge in [0.15, 0.2) is 11.6 Å². The zero-order valence-corrected chi connectivity index (χ0v) is 12.2. The minimum atomic E-state index is -1.26. The Morgan fingerprint density at radius 3 is 2.70 bits per heavy atom. The summed E-state index contributed by atoms with van der Waals surface area (Å²) in [7, 11) is 0.149. The minimum Gasteiger partial charge on any atom is -0.494 e. The Kier molecular flexibility index (Phi) is 4.39. The first-order valence-corrected chi connectivity index (χ1v) is 7.40. The van der Waals surface area contributed by atoms with Crippen LogP contribution in [0.1, 0.15) is 11.1 Å². The monoisotopic (exact) mass is 293 g/mol. The van der Waals surface area contributed by atoms with Crippen LogP contribution in [0, 0.1) is 12.7 Å². The summed E-state index contributed by atoms with van der Waals surface area (Å²) >= 11 is 0. The second kappa shape index (κ2) is 6.05. The molecule has 0 aliphatic rings. The van der Waals surface area contributed by atoms with E-state index in [1.165, 1.54) is 19.2 Å². The summed E-state index contributed by atoms with van der Waals surface area (Å²) < 4.78 is 30.8. The summed E-state index contributed by atoms with van der Waals surface area (Å²) in [5, 5.41) is 0. The van der Waals surface area contributed by atoms with Gasteiger partial charge in [-0.05, 0) is 42.3 Å². The third-order valence-electron chi connectivity index (χ3n) is 3.09. The van der Waals surface area contributed by atoms with Gasteiger partial charge >= 0.3 is 0 Å². The lowest BCUT2D eigenvalue weighted by atomic mass is 10.2. The zero-order valence-electron chi connectivity index (χ0n) is 11.4. The van der Waals surface area contributed by atoms with Gasteiger partial charge in [0.05, 0.1) is 23.7 Å². The van der Waals surface area contributed by atoms with Crippen LogP contribution >= 0.6 is 0 Å². The molecule has 0 amide bonds. The molecule has 0 aliphatic heterocycles. The van der Waals surface area contributed by atoms with Gasteiger partial charge in [-0.2, -0.15) is 0 Å². The van der Waals surface area contributed by atoms with Crippen LogP contribution in [0.5, 0.6) is 5.75 Å². The highest BCUT2D eigenvalue weighted by Crippen LogP contribution is 2.23. The Hall–Kier alpha value is -1.88. The van der Waals surface area contributed by atoms with Gasteiger partial charge in [0.1, 0.15) is 0 Å². The average molecular weight is 293 g/mol. The maximum absolute atomic E-state index is 13.6. The van der Waals surface area contributed by atoms with Crippen molar-refractivity contribution in [2.75, 3.05) is 12.8 Å². The summed E-state index contributed by atoms with van der Waals surface area (Å²) in [5.41, 5.74) is 7.87. The molecule has 2 N–H and O–H groups in total. The van der Waals surface area contributed by atoms with E-state index in [4.69, 9.17) is 10.5 Å². The molecule has 0 saturated carbocycles. The SMILES string of the molecule is COc1ccc(CS(=O)c2cccc(N)c2C)cc1F. The molecule has 0 fully saturated rings. The lowest BCUT2D eigenvalue weighted by Gasteiger charge is -2.09. The van der Waals surface area contributed by atoms with Gasteiger partial charge in [0.2, 0.25) is 0 Å². The zero-order chi connectivity index (χ0) is 14.7. The molecule has 1 atom stereocenters. The van der Waals surface area contributed by atoms with Crippen molar-refractivity contribution in [3.63, 3.8) is 0 Å². The standard InChI is InChI=1S/C15H16FNO2S/c1-10-13(17)4-3-5-15(10)20(18)9-11-6-7-14(19-2)12(16)8-11/h3-8H,9,17H2,1-2H3. The Labute approximate surface area is 120 Å². The molecule has 1 unspecified atom stereocenters. The summed E-state index contributed by atoms with van der Waals surface area (Å²) in [5.74, 6) is -0.0310. The van der Waals surface area contributed by atoms with Gasteiger partial charge in [0, 0.05) is 10.6 Å². The topological polar surface area (TPSA) is 52.3 Å². The fraction of sp³-hybridized carbons (Fsp3) is 0.200. The Bertz CT molecular complexity index is 658. The first-order chi connectivity index (χ1) is 9.52. The Morgan fingerprint density at radius 2 is 2.05 bits per heavy atom. The van der Waals surface area contributed by atoms with Crippen LogP contribution in [0.3, 0.4) is 0 Å². The molecule has 2 rings (SSSR count). The number of nitrogen functional groups attached to an aromatic ring is 1. The van der Waals surface area contributed by atoms with Crippen molar-refractivity contribution in [1.82, 2.24) is 0 Å². The molecule has 0 aliphatic carbocycles. The van der Waals surface area contributed by atoms with E-state index in [1.807, 2.05) is 6.92 Å². The van der Waals surface area contributed by atoms with Crippen LogP contribution < -0.4 is 10.5 Å². The Morgan fingerprint density at radius 1 is 1.30 bits per heavy atom. The van der Waals surface area contributed by atoms with Crippen molar-refractivity contribution < 1.29 is 13.3 Å². The van der Waals surface area contributed by atoms with Gasteiger partial charge in [-0.15, -0.1) is 0 Å². The van der Waals surface area contributed by atoms with E-state index >= 15 is 0 Å². The van der Waals surface area contributed by atoms with Gasteiger partial charge in [0.25, 0.3) is 0 Å². The van der Waals surface area contributed by atoms with Crippen LogP contribution in [0.15, 0.2) is 41.3 Å². The number of halogens is 1. The lowest BCUT2D eigenvalue weighted by molar-refractivity contribution is 0.386. The Balaban J connectivity index is 2.24. The van der Waals surface area contributed by atoms with Crippen LogP contribution in [-0.2, 0) is 16.6 Å². The molecule has 0 spiro atoms. The van der Waals surface area contributed by atoms with Gasteiger partial charge in [-0.3, -0.25) is 4.21 Å². The molecule has 0 saturated heterocycles. The summed E-state index contributed by atoms with van der Waals surface area (Å²) in [6.45, 7) is 1.83. The first-order valence-electron chi connectivity index (χ1n) is 6.09. The van der Waals surface area contributed by atoms with Crippen LogP contribution in [0.4, 0.5) is 10.1 Å². The number of benzene rings is 2. The third-order valence-corrected chi connectivity index (χ3v) is 4.61. The highest BCUT2D eigenvalue weighted by atomic mass is 32.2. The molecule has 0 aromatic heterocycles. The molecule has 5 heteroatoms. The van der Waals surface area contributed by atoms with Gasteiger partial charge < -0.3 is 10.5 Å². The normalized spacial score (nSPS) is 12.2. The minimum absolute atomic E-state index is 0.180. The van der Waals surface area contributed by atoms with E-state index in [0.29, 0.717) is 16.1 Å². The van der Waals surface area contributed by atoms with Gasteiger partial charge in [-0.1, -0.05) is 12.1 Å². The number of nitrogens with two attached hydrogens (primary N) is 1. The van der Waals surface area contributed by atoms with Crippen LogP contribution in [-0.4, -0.2) is 11.3 Å². The molecule has 2 aromatic rings. The van der Waals surface area contributed by atoms with Crippen LogP contribution in [0.25, 0.3) is 0 Å². The summed E-state index contributed by atoms with van der Waals surface area (Å²) in [6, 6.07) is 9.91. The van der Waals surface area contributed by atoms with E-state index in [1.54, 1.807) is 24.3 Å². The molecule has 0 bridgehead atoms. The maximum Gasteiger partial charge on any atom is 0.165 e. The number of hydrogen-bond donors (Lipinski definition) is 1. The molecule has 106 valence electrons. The average Bonchev–Trinajstić information content (AvgIpc) is 2.42. The van der Waals surface area contributed by atoms with E-state index in [-0.39, 0.29) is 11.5 Å².